The smallest absolute Gasteiger partial charge is 0.164 e. The van der Waals surface area contributed by atoms with Crippen LogP contribution in [-0.4, -0.2) is 15.0 Å². The zero-order valence-corrected chi connectivity index (χ0v) is 24.9. The van der Waals surface area contributed by atoms with Gasteiger partial charge in [-0.05, 0) is 66.3 Å². The van der Waals surface area contributed by atoms with Crippen LogP contribution in [0, 0.1) is 0 Å². The number of aromatic nitrogens is 3. The van der Waals surface area contributed by atoms with Gasteiger partial charge in [-0.1, -0.05) is 152 Å². The van der Waals surface area contributed by atoms with E-state index >= 15 is 0 Å². The Morgan fingerprint density at radius 2 is 0.674 bits per heavy atom. The van der Waals surface area contributed by atoms with Crippen molar-refractivity contribution in [2.45, 2.75) is 0 Å². The van der Waals surface area contributed by atoms with Gasteiger partial charge in [-0.3, -0.25) is 0 Å². The highest BCUT2D eigenvalue weighted by atomic mass is 15.0. The predicted molar refractivity (Wildman–Crippen MR) is 192 cm³/mol. The average molecular weight is 586 g/mol. The molecular weight excluding hydrogens is 558 g/mol. The predicted octanol–water partition coefficient (Wildman–Crippen LogP) is 11.2. The van der Waals surface area contributed by atoms with Crippen LogP contribution in [0.2, 0.25) is 0 Å². The molecule has 9 aromatic rings. The zero-order chi connectivity index (χ0) is 30.5. The summed E-state index contributed by atoms with van der Waals surface area (Å²) in [6.45, 7) is 0. The van der Waals surface area contributed by atoms with Gasteiger partial charge in [0.15, 0.2) is 17.5 Å². The maximum Gasteiger partial charge on any atom is 0.164 e. The number of nitrogens with zero attached hydrogens (tertiary/aromatic N) is 3. The third-order valence-corrected chi connectivity index (χ3v) is 8.89. The summed E-state index contributed by atoms with van der Waals surface area (Å²) >= 11 is 0. The maximum atomic E-state index is 4.94. The molecule has 3 nitrogen and oxygen atoms in total. The van der Waals surface area contributed by atoms with Crippen LogP contribution in [0.15, 0.2) is 164 Å². The summed E-state index contributed by atoms with van der Waals surface area (Å²) < 4.78 is 0. The van der Waals surface area contributed by atoms with Gasteiger partial charge in [0, 0.05) is 16.7 Å². The second-order valence-electron chi connectivity index (χ2n) is 11.7. The van der Waals surface area contributed by atoms with Gasteiger partial charge in [0.1, 0.15) is 0 Å². The van der Waals surface area contributed by atoms with E-state index in [-0.39, 0.29) is 0 Å². The second kappa shape index (κ2) is 10.8. The van der Waals surface area contributed by atoms with Gasteiger partial charge in [-0.15, -0.1) is 0 Å². The van der Waals surface area contributed by atoms with Crippen LogP contribution in [0.4, 0.5) is 0 Å². The fourth-order valence-corrected chi connectivity index (χ4v) is 6.60. The highest BCUT2D eigenvalue weighted by molar-refractivity contribution is 6.22. The standard InChI is InChI=1S/C43H27N3/c1-3-11-29(12-4-1)41-44-42(30-13-5-2-6-14-30)46-43(45-41)34-16-9-15-31(27-34)32-19-21-36-33(26-32)20-23-40-38(36)25-24-37-35-17-8-7-10-28(35)18-22-39(37)40/h1-27H. The van der Waals surface area contributed by atoms with Crippen molar-refractivity contribution in [2.75, 3.05) is 0 Å². The minimum absolute atomic E-state index is 0.653. The van der Waals surface area contributed by atoms with E-state index in [9.17, 15) is 0 Å². The largest absolute Gasteiger partial charge is 0.208 e. The lowest BCUT2D eigenvalue weighted by Gasteiger charge is -2.12. The summed E-state index contributed by atoms with van der Waals surface area (Å²) in [4.78, 5) is 14.7. The van der Waals surface area contributed by atoms with Crippen LogP contribution in [-0.2, 0) is 0 Å². The molecule has 0 spiro atoms. The Kier molecular flexibility index (Phi) is 6.14. The minimum atomic E-state index is 0.653. The van der Waals surface area contributed by atoms with Gasteiger partial charge < -0.3 is 0 Å². The summed E-state index contributed by atoms with van der Waals surface area (Å²) in [6.07, 6.45) is 0. The molecule has 0 aliphatic carbocycles. The first-order chi connectivity index (χ1) is 22.8. The molecule has 9 rings (SSSR count). The average Bonchev–Trinajstić information content (AvgIpc) is 3.14. The molecular formula is C43H27N3. The summed E-state index contributed by atoms with van der Waals surface area (Å²) in [5.74, 6) is 1.97. The molecule has 1 heterocycles. The van der Waals surface area contributed by atoms with Crippen molar-refractivity contribution in [2.24, 2.45) is 0 Å². The SMILES string of the molecule is c1ccc(-c2nc(-c3ccccc3)nc(-c3cccc(-c4ccc5c(ccc6c5ccc5c7ccccc7ccc56)c4)c3)n2)cc1. The molecule has 0 unspecified atom stereocenters. The van der Waals surface area contributed by atoms with Crippen LogP contribution < -0.4 is 0 Å². The first kappa shape index (κ1) is 26.2. The highest BCUT2D eigenvalue weighted by Crippen LogP contribution is 2.36. The Labute approximate surface area is 266 Å². The molecule has 0 N–H and O–H groups in total. The summed E-state index contributed by atoms with van der Waals surface area (Å²) in [5, 5.41) is 10.2. The van der Waals surface area contributed by atoms with Crippen molar-refractivity contribution in [3.05, 3.63) is 164 Å². The molecule has 0 radical (unpaired) electrons. The van der Waals surface area contributed by atoms with Gasteiger partial charge >= 0.3 is 0 Å². The first-order valence-corrected chi connectivity index (χ1v) is 15.5. The molecule has 0 fully saturated rings. The fourth-order valence-electron chi connectivity index (χ4n) is 6.60. The van der Waals surface area contributed by atoms with Crippen LogP contribution in [0.5, 0.6) is 0 Å². The molecule has 0 amide bonds. The highest BCUT2D eigenvalue weighted by Gasteiger charge is 2.13. The van der Waals surface area contributed by atoms with Gasteiger partial charge in [0.2, 0.25) is 0 Å². The third-order valence-electron chi connectivity index (χ3n) is 8.89. The summed E-state index contributed by atoms with van der Waals surface area (Å²) in [5.41, 5.74) is 5.14. The molecule has 0 aliphatic heterocycles. The van der Waals surface area contributed by atoms with Crippen LogP contribution in [0.3, 0.4) is 0 Å². The van der Waals surface area contributed by atoms with Crippen LogP contribution in [0.1, 0.15) is 0 Å². The number of benzene rings is 8. The first-order valence-electron chi connectivity index (χ1n) is 15.5. The number of rotatable bonds is 4. The quantitative estimate of drug-likeness (QED) is 0.193. The van der Waals surface area contributed by atoms with Crippen molar-refractivity contribution in [3.63, 3.8) is 0 Å². The van der Waals surface area contributed by atoms with E-state index in [1.807, 2.05) is 60.7 Å². The van der Waals surface area contributed by atoms with Crippen molar-refractivity contribution in [3.8, 4) is 45.3 Å². The molecule has 0 atom stereocenters. The molecule has 3 heteroatoms. The van der Waals surface area contributed by atoms with E-state index in [1.165, 1.54) is 43.1 Å². The van der Waals surface area contributed by atoms with Crippen LogP contribution >= 0.6 is 0 Å². The number of hydrogen-bond acceptors (Lipinski definition) is 3. The fraction of sp³-hybridized carbons (Fsp3) is 0. The number of hydrogen-bond donors (Lipinski definition) is 0. The lowest BCUT2D eigenvalue weighted by atomic mass is 9.93. The molecule has 0 saturated carbocycles. The van der Waals surface area contributed by atoms with E-state index in [2.05, 4.69) is 103 Å². The van der Waals surface area contributed by atoms with Gasteiger partial charge in [-0.2, -0.15) is 0 Å². The van der Waals surface area contributed by atoms with Crippen LogP contribution in [0.25, 0.3) is 88.4 Å². The lowest BCUT2D eigenvalue weighted by molar-refractivity contribution is 1.07. The molecule has 8 aromatic carbocycles. The monoisotopic (exact) mass is 585 g/mol. The van der Waals surface area contributed by atoms with E-state index in [0.29, 0.717) is 17.5 Å². The topological polar surface area (TPSA) is 38.7 Å². The van der Waals surface area contributed by atoms with Crippen molar-refractivity contribution in [1.82, 2.24) is 15.0 Å². The Morgan fingerprint density at radius 3 is 1.35 bits per heavy atom. The van der Waals surface area contributed by atoms with Gasteiger partial charge in [0.05, 0.1) is 0 Å². The third kappa shape index (κ3) is 4.49. The summed E-state index contributed by atoms with van der Waals surface area (Å²) in [7, 11) is 0. The van der Waals surface area contributed by atoms with E-state index in [4.69, 9.17) is 15.0 Å². The minimum Gasteiger partial charge on any atom is -0.208 e. The van der Waals surface area contributed by atoms with Gasteiger partial charge in [0.25, 0.3) is 0 Å². The van der Waals surface area contributed by atoms with E-state index < -0.39 is 0 Å². The summed E-state index contributed by atoms with van der Waals surface area (Å²) in [6, 6.07) is 57.6. The Balaban J connectivity index is 1.14. The zero-order valence-electron chi connectivity index (χ0n) is 24.9. The van der Waals surface area contributed by atoms with E-state index in [0.717, 1.165) is 27.8 Å². The van der Waals surface area contributed by atoms with E-state index in [1.54, 1.807) is 0 Å². The molecule has 0 saturated heterocycles. The second-order valence-corrected chi connectivity index (χ2v) is 11.7. The lowest BCUT2D eigenvalue weighted by Crippen LogP contribution is -2.00. The molecule has 214 valence electrons. The normalized spacial score (nSPS) is 11.5. The van der Waals surface area contributed by atoms with Gasteiger partial charge in [-0.25, -0.2) is 15.0 Å². The maximum absolute atomic E-state index is 4.94. The molecule has 46 heavy (non-hydrogen) atoms. The Morgan fingerprint density at radius 1 is 0.239 bits per heavy atom. The Bertz CT molecular complexity index is 2520. The van der Waals surface area contributed by atoms with Crippen molar-refractivity contribution >= 4 is 43.1 Å². The number of fused-ring (bicyclic) bond motifs is 7. The Hall–Kier alpha value is -6.19. The van der Waals surface area contributed by atoms with Crippen molar-refractivity contribution in [1.29, 1.82) is 0 Å². The molecule has 0 aliphatic rings. The molecule has 1 aromatic heterocycles. The molecule has 0 bridgehead atoms. The van der Waals surface area contributed by atoms with Crippen molar-refractivity contribution < 1.29 is 0 Å².